The molecule has 0 saturated heterocycles. The van der Waals surface area contributed by atoms with Gasteiger partial charge in [0.2, 0.25) is 0 Å². The SMILES string of the molecule is [2H]C([2H])(c1cccc(-[n+]2[c-]n(-c3cc(Oc4ccc5c6cc(-c7ccccc7)ccc6n(-c6cc(C(C)(C)C)ccn6)c5c4)ccn3)cc2)c1)C(C)(C)C. The number of ether oxygens (including phenoxy) is 1. The van der Waals surface area contributed by atoms with Gasteiger partial charge in [-0.3, -0.25) is 18.7 Å². The zero-order valence-electron chi connectivity index (χ0n) is 32.4. The van der Waals surface area contributed by atoms with Crippen molar-refractivity contribution in [3.05, 3.63) is 158 Å². The highest BCUT2D eigenvalue weighted by Crippen LogP contribution is 2.38. The molecule has 0 spiro atoms. The molecule has 8 rings (SSSR count). The summed E-state index contributed by atoms with van der Waals surface area (Å²) in [7, 11) is 0. The van der Waals surface area contributed by atoms with Crippen molar-refractivity contribution in [3.63, 3.8) is 0 Å². The van der Waals surface area contributed by atoms with Crippen molar-refractivity contribution in [1.29, 1.82) is 0 Å². The predicted octanol–water partition coefficient (Wildman–Crippen LogP) is 10.8. The molecule has 52 heavy (non-hydrogen) atoms. The van der Waals surface area contributed by atoms with E-state index in [1.54, 1.807) is 10.8 Å². The minimum atomic E-state index is -1.51. The molecule has 8 aromatic rings. The van der Waals surface area contributed by atoms with E-state index in [1.807, 2.05) is 92.5 Å². The average molecular weight is 684 g/mol. The summed E-state index contributed by atoms with van der Waals surface area (Å²) in [6.45, 7) is 12.4. The molecule has 0 amide bonds. The number of benzene rings is 4. The van der Waals surface area contributed by atoms with Crippen LogP contribution in [-0.2, 0) is 11.8 Å². The predicted molar refractivity (Wildman–Crippen MR) is 210 cm³/mol. The van der Waals surface area contributed by atoms with Crippen LogP contribution < -0.4 is 9.30 Å². The maximum atomic E-state index is 8.75. The van der Waals surface area contributed by atoms with Crippen molar-refractivity contribution in [1.82, 2.24) is 19.1 Å². The van der Waals surface area contributed by atoms with Crippen LogP contribution in [0.25, 0.3) is 50.3 Å². The van der Waals surface area contributed by atoms with E-state index >= 15 is 0 Å². The van der Waals surface area contributed by atoms with Gasteiger partial charge in [0.05, 0.1) is 16.7 Å². The fourth-order valence-electron chi connectivity index (χ4n) is 6.61. The summed E-state index contributed by atoms with van der Waals surface area (Å²) < 4.78 is 29.9. The molecular weight excluding hydrogens is 639 g/mol. The van der Waals surface area contributed by atoms with Gasteiger partial charge in [-0.1, -0.05) is 95.6 Å². The van der Waals surface area contributed by atoms with Crippen LogP contribution in [0.5, 0.6) is 11.5 Å². The van der Waals surface area contributed by atoms with Gasteiger partial charge in [-0.05, 0) is 88.5 Å². The maximum absolute atomic E-state index is 8.75. The normalized spacial score (nSPS) is 13.0. The number of nitrogens with zero attached hydrogens (tertiary/aromatic N) is 5. The lowest BCUT2D eigenvalue weighted by atomic mass is 9.88. The van der Waals surface area contributed by atoms with Gasteiger partial charge < -0.3 is 4.74 Å². The highest BCUT2D eigenvalue weighted by atomic mass is 16.5. The van der Waals surface area contributed by atoms with Gasteiger partial charge in [0.15, 0.2) is 5.82 Å². The Morgan fingerprint density at radius 2 is 1.48 bits per heavy atom. The van der Waals surface area contributed by atoms with E-state index < -0.39 is 11.8 Å². The van der Waals surface area contributed by atoms with Crippen LogP contribution in [0.15, 0.2) is 140 Å². The monoisotopic (exact) mass is 683 g/mol. The van der Waals surface area contributed by atoms with Crippen LogP contribution in [0.1, 0.15) is 55.4 Å². The highest BCUT2D eigenvalue weighted by molar-refractivity contribution is 6.10. The minimum Gasteiger partial charge on any atom is -0.458 e. The molecular formula is C46H43N5O. The van der Waals surface area contributed by atoms with Gasteiger partial charge in [-0.25, -0.2) is 4.98 Å². The summed E-state index contributed by atoms with van der Waals surface area (Å²) in [6, 6.07) is 38.9. The molecule has 6 nitrogen and oxygen atoms in total. The Morgan fingerprint density at radius 1 is 0.692 bits per heavy atom. The lowest BCUT2D eigenvalue weighted by molar-refractivity contribution is -0.599. The first kappa shape index (κ1) is 30.8. The van der Waals surface area contributed by atoms with E-state index in [0.717, 1.165) is 38.9 Å². The lowest BCUT2D eigenvalue weighted by Crippen LogP contribution is -2.28. The van der Waals surface area contributed by atoms with E-state index in [-0.39, 0.29) is 5.41 Å². The van der Waals surface area contributed by atoms with Gasteiger partial charge in [-0.15, -0.1) is 0 Å². The van der Waals surface area contributed by atoms with Crippen LogP contribution in [0.4, 0.5) is 0 Å². The fraction of sp³-hybridized carbons (Fsp3) is 0.196. The highest BCUT2D eigenvalue weighted by Gasteiger charge is 2.19. The molecule has 0 aliphatic rings. The van der Waals surface area contributed by atoms with Gasteiger partial charge >= 0.3 is 0 Å². The summed E-state index contributed by atoms with van der Waals surface area (Å²) in [5.41, 5.74) is 6.45. The molecule has 0 saturated carbocycles. The topological polar surface area (TPSA) is 48.8 Å². The van der Waals surface area contributed by atoms with Crippen molar-refractivity contribution >= 4 is 21.8 Å². The quantitative estimate of drug-likeness (QED) is 0.124. The summed E-state index contributed by atoms with van der Waals surface area (Å²) in [5, 5.41) is 2.25. The smallest absolute Gasteiger partial charge is 0.270 e. The second kappa shape index (κ2) is 13.0. The number of pyridine rings is 2. The lowest BCUT2D eigenvalue weighted by Gasteiger charge is -2.20. The molecule has 258 valence electrons. The van der Waals surface area contributed by atoms with Crippen molar-refractivity contribution in [2.75, 3.05) is 0 Å². The van der Waals surface area contributed by atoms with Crippen molar-refractivity contribution in [3.8, 4) is 39.9 Å². The summed E-state index contributed by atoms with van der Waals surface area (Å²) in [5.74, 6) is 2.82. The van der Waals surface area contributed by atoms with E-state index in [9.17, 15) is 0 Å². The number of rotatable bonds is 7. The molecule has 0 radical (unpaired) electrons. The molecule has 0 bridgehead atoms. The molecule has 4 aromatic carbocycles. The molecule has 0 unspecified atom stereocenters. The Labute approximate surface area is 308 Å². The van der Waals surface area contributed by atoms with Gasteiger partial charge in [0, 0.05) is 50.4 Å². The number of aromatic nitrogens is 5. The molecule has 0 fully saturated rings. The minimum absolute atomic E-state index is 0.0350. The number of hydrogen-bond donors (Lipinski definition) is 0. The van der Waals surface area contributed by atoms with Crippen LogP contribution in [0.2, 0.25) is 0 Å². The Kier molecular flexibility index (Phi) is 7.67. The summed E-state index contributed by atoms with van der Waals surface area (Å²) in [4.78, 5) is 9.48. The Morgan fingerprint density at radius 3 is 2.29 bits per heavy atom. The van der Waals surface area contributed by atoms with Crippen molar-refractivity contribution < 1.29 is 12.0 Å². The molecule has 0 N–H and O–H groups in total. The van der Waals surface area contributed by atoms with Gasteiger partial charge in [0.1, 0.15) is 17.3 Å². The molecule has 6 heteroatoms. The van der Waals surface area contributed by atoms with E-state index in [4.69, 9.17) is 12.5 Å². The third-order valence-corrected chi connectivity index (χ3v) is 9.11. The standard InChI is InChI=1S/C46H43N5O/c1-45(2,3)30-32-11-10-14-36(25-32)49-23-24-50(31-49)43-29-38(20-22-47-43)52-37-16-17-39-40-26-34(33-12-8-7-9-13-33)15-18-41(40)51(42(39)28-37)44-27-35(19-21-48-44)46(4,5)6/h7-29H,30H2,1-6H3/i30D2. The summed E-state index contributed by atoms with van der Waals surface area (Å²) in [6.07, 6.45) is 9.22. The second-order valence-corrected chi connectivity index (χ2v) is 15.3. The third-order valence-electron chi connectivity index (χ3n) is 9.11. The number of hydrogen-bond acceptors (Lipinski definition) is 3. The van der Waals surface area contributed by atoms with Crippen molar-refractivity contribution in [2.45, 2.75) is 53.3 Å². The first-order chi connectivity index (χ1) is 25.8. The first-order valence-electron chi connectivity index (χ1n) is 18.6. The first-order valence-corrected chi connectivity index (χ1v) is 17.6. The maximum Gasteiger partial charge on any atom is 0.270 e. The van der Waals surface area contributed by atoms with E-state index in [0.29, 0.717) is 22.9 Å². The van der Waals surface area contributed by atoms with Crippen LogP contribution in [0.3, 0.4) is 0 Å². The molecule has 4 aromatic heterocycles. The Balaban J connectivity index is 1.15. The van der Waals surface area contributed by atoms with Gasteiger partial charge in [0.25, 0.3) is 6.33 Å². The molecule has 0 atom stereocenters. The third kappa shape index (κ3) is 6.72. The Bertz CT molecular complexity index is 2650. The molecule has 4 heterocycles. The number of fused-ring (bicyclic) bond motifs is 3. The molecule has 0 aliphatic heterocycles. The zero-order valence-corrected chi connectivity index (χ0v) is 30.4. The zero-order chi connectivity index (χ0) is 37.8. The average Bonchev–Trinajstić information content (AvgIpc) is 3.78. The Hall–Kier alpha value is -6.01. The summed E-state index contributed by atoms with van der Waals surface area (Å²) >= 11 is 0. The van der Waals surface area contributed by atoms with E-state index in [2.05, 4.69) is 103 Å². The fourth-order valence-corrected chi connectivity index (χ4v) is 6.61. The van der Waals surface area contributed by atoms with E-state index in [1.165, 1.54) is 11.1 Å². The molecule has 0 aliphatic carbocycles. The largest absolute Gasteiger partial charge is 0.458 e. The number of imidazole rings is 1. The van der Waals surface area contributed by atoms with Crippen LogP contribution in [0, 0.1) is 11.7 Å². The second-order valence-electron chi connectivity index (χ2n) is 15.3. The van der Waals surface area contributed by atoms with Crippen LogP contribution in [-0.4, -0.2) is 19.1 Å². The van der Waals surface area contributed by atoms with Crippen molar-refractivity contribution in [2.24, 2.45) is 5.41 Å². The van der Waals surface area contributed by atoms with Gasteiger partial charge in [-0.2, -0.15) is 0 Å². The van der Waals surface area contributed by atoms with Crippen LogP contribution >= 0.6 is 0 Å².